The van der Waals surface area contributed by atoms with Crippen LogP contribution in [0.3, 0.4) is 0 Å². The molecule has 0 spiro atoms. The zero-order valence-corrected chi connectivity index (χ0v) is 18.5. The lowest BCUT2D eigenvalue weighted by Crippen LogP contribution is -2.00. The minimum atomic E-state index is -0.424. The van der Waals surface area contributed by atoms with E-state index in [2.05, 4.69) is 13.8 Å². The lowest BCUT2D eigenvalue weighted by molar-refractivity contribution is 0.290. The Labute approximate surface area is 180 Å². The zero-order chi connectivity index (χ0) is 21.6. The number of benzene rings is 2. The van der Waals surface area contributed by atoms with Crippen molar-refractivity contribution in [2.45, 2.75) is 78.1 Å². The average Bonchev–Trinajstić information content (AvgIpc) is 2.75. The molecule has 166 valence electrons. The standard InChI is InChI=1S/C26H36F2O2/c1-3-5-7-9-10-12-18-30-26-16-14-22(20-24(26)28)21-13-15-25(23(27)19-21)29-17-11-8-6-4-2/h13-16,19-20H,3-12,17-18H2,1-2H3. The van der Waals surface area contributed by atoms with Gasteiger partial charge in [-0.25, -0.2) is 8.78 Å². The van der Waals surface area contributed by atoms with Crippen molar-refractivity contribution in [3.8, 4) is 22.6 Å². The van der Waals surface area contributed by atoms with Crippen molar-refractivity contribution in [2.75, 3.05) is 13.2 Å². The molecule has 2 aromatic carbocycles. The summed E-state index contributed by atoms with van der Waals surface area (Å²) in [4.78, 5) is 0. The maximum absolute atomic E-state index is 14.4. The lowest BCUT2D eigenvalue weighted by atomic mass is 10.0. The maximum atomic E-state index is 14.4. The monoisotopic (exact) mass is 418 g/mol. The molecule has 0 radical (unpaired) electrons. The third-order valence-corrected chi connectivity index (χ3v) is 5.21. The van der Waals surface area contributed by atoms with E-state index in [1.807, 2.05) is 0 Å². The van der Waals surface area contributed by atoms with Crippen molar-refractivity contribution in [2.24, 2.45) is 0 Å². The van der Waals surface area contributed by atoms with Gasteiger partial charge in [-0.3, -0.25) is 0 Å². The van der Waals surface area contributed by atoms with Crippen molar-refractivity contribution in [1.29, 1.82) is 0 Å². The van der Waals surface area contributed by atoms with Gasteiger partial charge in [0, 0.05) is 0 Å². The predicted molar refractivity (Wildman–Crippen MR) is 120 cm³/mol. The Hall–Kier alpha value is -2.10. The fourth-order valence-corrected chi connectivity index (χ4v) is 3.37. The van der Waals surface area contributed by atoms with Crippen LogP contribution >= 0.6 is 0 Å². The summed E-state index contributed by atoms with van der Waals surface area (Å²) in [6.07, 6.45) is 11.3. The van der Waals surface area contributed by atoms with E-state index in [0.29, 0.717) is 24.3 Å². The summed E-state index contributed by atoms with van der Waals surface area (Å²) in [5.74, 6) is -0.351. The van der Waals surface area contributed by atoms with Crippen molar-refractivity contribution in [3.63, 3.8) is 0 Å². The van der Waals surface area contributed by atoms with Crippen LogP contribution in [0.5, 0.6) is 11.5 Å². The van der Waals surface area contributed by atoms with Crippen molar-refractivity contribution in [1.82, 2.24) is 0 Å². The normalized spacial score (nSPS) is 10.9. The molecular weight excluding hydrogens is 382 g/mol. The summed E-state index contributed by atoms with van der Waals surface area (Å²) in [6, 6.07) is 9.56. The van der Waals surface area contributed by atoms with Gasteiger partial charge in [0.15, 0.2) is 23.1 Å². The molecule has 2 nitrogen and oxygen atoms in total. The minimum Gasteiger partial charge on any atom is -0.491 e. The van der Waals surface area contributed by atoms with E-state index in [-0.39, 0.29) is 11.5 Å². The zero-order valence-electron chi connectivity index (χ0n) is 18.5. The fraction of sp³-hybridized carbons (Fsp3) is 0.538. The largest absolute Gasteiger partial charge is 0.491 e. The first-order valence-electron chi connectivity index (χ1n) is 11.5. The second kappa shape index (κ2) is 14.0. The molecule has 0 aliphatic rings. The molecule has 0 aliphatic carbocycles. The molecule has 0 atom stereocenters. The first-order valence-corrected chi connectivity index (χ1v) is 11.5. The number of unbranched alkanes of at least 4 members (excludes halogenated alkanes) is 8. The molecule has 0 aliphatic heterocycles. The second-order valence-corrected chi connectivity index (χ2v) is 7.82. The summed E-state index contributed by atoms with van der Waals surface area (Å²) < 4.78 is 39.9. The number of hydrogen-bond donors (Lipinski definition) is 0. The topological polar surface area (TPSA) is 18.5 Å². The molecule has 0 aromatic heterocycles. The highest BCUT2D eigenvalue weighted by Gasteiger charge is 2.10. The van der Waals surface area contributed by atoms with E-state index < -0.39 is 11.6 Å². The summed E-state index contributed by atoms with van der Waals surface area (Å²) >= 11 is 0. The Bertz CT molecular complexity index is 746. The van der Waals surface area contributed by atoms with Crippen molar-refractivity contribution in [3.05, 3.63) is 48.0 Å². The van der Waals surface area contributed by atoms with Crippen LogP contribution in [0.1, 0.15) is 78.1 Å². The second-order valence-electron chi connectivity index (χ2n) is 7.82. The van der Waals surface area contributed by atoms with E-state index >= 15 is 0 Å². The molecule has 0 heterocycles. The molecule has 0 saturated heterocycles. The average molecular weight is 419 g/mol. The van der Waals surface area contributed by atoms with Crippen LogP contribution in [-0.4, -0.2) is 13.2 Å². The van der Waals surface area contributed by atoms with Gasteiger partial charge in [0.25, 0.3) is 0 Å². The molecule has 0 unspecified atom stereocenters. The summed E-state index contributed by atoms with van der Waals surface area (Å²) in [5.41, 5.74) is 1.24. The number of hydrogen-bond acceptors (Lipinski definition) is 2. The van der Waals surface area contributed by atoms with Crippen molar-refractivity contribution < 1.29 is 18.3 Å². The summed E-state index contributed by atoms with van der Waals surface area (Å²) in [5, 5.41) is 0. The quantitative estimate of drug-likeness (QED) is 0.271. The van der Waals surface area contributed by atoms with Gasteiger partial charge in [0.05, 0.1) is 13.2 Å². The SMILES string of the molecule is CCCCCCCCOc1ccc(-c2ccc(OCCCCCC)c(F)c2)cc1F. The Morgan fingerprint density at radius 2 is 0.967 bits per heavy atom. The van der Waals surface area contributed by atoms with Gasteiger partial charge in [-0.2, -0.15) is 0 Å². The van der Waals surface area contributed by atoms with Crippen LogP contribution in [0, 0.1) is 11.6 Å². The number of ether oxygens (including phenoxy) is 2. The number of rotatable bonds is 15. The van der Waals surface area contributed by atoms with E-state index in [4.69, 9.17) is 9.47 Å². The molecule has 2 aromatic rings. The molecular formula is C26H36F2O2. The predicted octanol–water partition coefficient (Wildman–Crippen LogP) is 8.33. The summed E-state index contributed by atoms with van der Waals surface area (Å²) in [6.45, 7) is 5.37. The molecule has 0 bridgehead atoms. The van der Waals surface area contributed by atoms with Crippen LogP contribution < -0.4 is 9.47 Å². The van der Waals surface area contributed by atoms with Gasteiger partial charge >= 0.3 is 0 Å². The van der Waals surface area contributed by atoms with Crippen LogP contribution in [0.4, 0.5) is 8.78 Å². The van der Waals surface area contributed by atoms with Gasteiger partial charge < -0.3 is 9.47 Å². The maximum Gasteiger partial charge on any atom is 0.165 e. The van der Waals surface area contributed by atoms with Crippen molar-refractivity contribution >= 4 is 0 Å². The van der Waals surface area contributed by atoms with Crippen LogP contribution in [0.2, 0.25) is 0 Å². The van der Waals surface area contributed by atoms with E-state index in [9.17, 15) is 8.78 Å². The molecule has 0 saturated carbocycles. The highest BCUT2D eigenvalue weighted by molar-refractivity contribution is 5.65. The first-order chi connectivity index (χ1) is 14.7. The highest BCUT2D eigenvalue weighted by atomic mass is 19.1. The first kappa shape index (κ1) is 24.2. The van der Waals surface area contributed by atoms with Crippen LogP contribution in [0.15, 0.2) is 36.4 Å². The third kappa shape index (κ3) is 8.33. The Morgan fingerprint density at radius 3 is 1.40 bits per heavy atom. The Balaban J connectivity index is 1.85. The molecule has 4 heteroatoms. The van der Waals surface area contributed by atoms with Gasteiger partial charge in [0.2, 0.25) is 0 Å². The smallest absolute Gasteiger partial charge is 0.165 e. The van der Waals surface area contributed by atoms with Crippen LogP contribution in [0.25, 0.3) is 11.1 Å². The van der Waals surface area contributed by atoms with Gasteiger partial charge in [-0.1, -0.05) is 77.3 Å². The molecule has 0 N–H and O–H groups in total. The molecule has 30 heavy (non-hydrogen) atoms. The van der Waals surface area contributed by atoms with E-state index in [0.717, 1.165) is 38.5 Å². The summed E-state index contributed by atoms with van der Waals surface area (Å²) in [7, 11) is 0. The fourth-order valence-electron chi connectivity index (χ4n) is 3.37. The molecule has 0 amide bonds. The molecule has 2 rings (SSSR count). The molecule has 0 fully saturated rings. The third-order valence-electron chi connectivity index (χ3n) is 5.21. The minimum absolute atomic E-state index is 0.245. The van der Waals surface area contributed by atoms with Gasteiger partial charge in [-0.15, -0.1) is 0 Å². The number of halogens is 2. The lowest BCUT2D eigenvalue weighted by Gasteiger charge is -2.11. The Kier molecular flexibility index (Phi) is 11.3. The Morgan fingerprint density at radius 1 is 0.567 bits per heavy atom. The highest BCUT2D eigenvalue weighted by Crippen LogP contribution is 2.29. The van der Waals surface area contributed by atoms with E-state index in [1.54, 1.807) is 24.3 Å². The van der Waals surface area contributed by atoms with Gasteiger partial charge in [-0.05, 0) is 48.2 Å². The van der Waals surface area contributed by atoms with Crippen LogP contribution in [-0.2, 0) is 0 Å². The van der Waals surface area contributed by atoms with Gasteiger partial charge in [0.1, 0.15) is 0 Å². The van der Waals surface area contributed by atoms with E-state index in [1.165, 1.54) is 37.8 Å².